The number of methoxy groups -OCH3 is 1. The quantitative estimate of drug-likeness (QED) is 0.786. The highest BCUT2D eigenvalue weighted by molar-refractivity contribution is 9.10. The summed E-state index contributed by atoms with van der Waals surface area (Å²) in [6.07, 6.45) is 4.53. The maximum absolute atomic E-state index is 12.2. The van der Waals surface area contributed by atoms with Gasteiger partial charge in [0.2, 0.25) is 0 Å². The van der Waals surface area contributed by atoms with Crippen LogP contribution in [0.25, 0.3) is 0 Å². The third-order valence-corrected chi connectivity index (χ3v) is 5.99. The number of ether oxygens (including phenoxy) is 1. The molecule has 1 aliphatic rings. The summed E-state index contributed by atoms with van der Waals surface area (Å²) in [6.45, 7) is 0. The third-order valence-electron chi connectivity index (χ3n) is 3.45. The maximum atomic E-state index is 12.2. The van der Waals surface area contributed by atoms with E-state index in [-0.39, 0.29) is 5.97 Å². The Morgan fingerprint density at radius 1 is 1.42 bits per heavy atom. The van der Waals surface area contributed by atoms with E-state index in [4.69, 9.17) is 0 Å². The number of rotatable bonds is 4. The molecule has 104 valence electrons. The van der Waals surface area contributed by atoms with Gasteiger partial charge in [-0.25, -0.2) is 4.79 Å². The molecule has 0 amide bonds. The van der Waals surface area contributed by atoms with E-state index in [1.54, 1.807) is 12.1 Å². The number of esters is 1. The van der Waals surface area contributed by atoms with Gasteiger partial charge in [-0.05, 0) is 30.5 Å². The SMILES string of the molecule is COC(=O)c1ccc(CS(=O)C2CCCC2)c(Br)c1. The first-order valence-electron chi connectivity index (χ1n) is 6.35. The van der Waals surface area contributed by atoms with Crippen molar-refractivity contribution in [2.75, 3.05) is 7.11 Å². The maximum Gasteiger partial charge on any atom is 0.337 e. The van der Waals surface area contributed by atoms with E-state index < -0.39 is 10.8 Å². The fourth-order valence-electron chi connectivity index (χ4n) is 2.33. The van der Waals surface area contributed by atoms with Gasteiger partial charge >= 0.3 is 5.97 Å². The molecule has 1 aromatic rings. The van der Waals surface area contributed by atoms with Gasteiger partial charge in [-0.2, -0.15) is 0 Å². The van der Waals surface area contributed by atoms with Crippen molar-refractivity contribution in [2.45, 2.75) is 36.7 Å². The Balaban J connectivity index is 2.08. The highest BCUT2D eigenvalue weighted by Gasteiger charge is 2.22. The molecule has 0 N–H and O–H groups in total. The molecule has 1 atom stereocenters. The number of carbonyl (C=O) groups is 1. The molecule has 1 fully saturated rings. The summed E-state index contributed by atoms with van der Waals surface area (Å²) in [5, 5.41) is 0.340. The number of carbonyl (C=O) groups excluding carboxylic acids is 1. The summed E-state index contributed by atoms with van der Waals surface area (Å²) in [5.41, 5.74) is 1.49. The second-order valence-corrected chi connectivity index (χ2v) is 7.30. The van der Waals surface area contributed by atoms with Crippen LogP contribution in [0.15, 0.2) is 22.7 Å². The number of hydrogen-bond donors (Lipinski definition) is 0. The van der Waals surface area contributed by atoms with Crippen LogP contribution < -0.4 is 0 Å². The summed E-state index contributed by atoms with van der Waals surface area (Å²) >= 11 is 3.44. The highest BCUT2D eigenvalue weighted by Crippen LogP contribution is 2.27. The van der Waals surface area contributed by atoms with Crippen LogP contribution >= 0.6 is 15.9 Å². The van der Waals surface area contributed by atoms with Crippen LogP contribution in [-0.2, 0) is 21.3 Å². The highest BCUT2D eigenvalue weighted by atomic mass is 79.9. The van der Waals surface area contributed by atoms with E-state index in [2.05, 4.69) is 20.7 Å². The van der Waals surface area contributed by atoms with Crippen molar-refractivity contribution in [2.24, 2.45) is 0 Å². The first-order chi connectivity index (χ1) is 9.11. The lowest BCUT2D eigenvalue weighted by Gasteiger charge is -2.11. The fraction of sp³-hybridized carbons (Fsp3) is 0.500. The molecule has 0 spiro atoms. The van der Waals surface area contributed by atoms with Crippen molar-refractivity contribution in [1.29, 1.82) is 0 Å². The molecule has 1 aliphatic carbocycles. The van der Waals surface area contributed by atoms with Crippen LogP contribution in [-0.4, -0.2) is 22.5 Å². The van der Waals surface area contributed by atoms with Gasteiger partial charge in [-0.3, -0.25) is 4.21 Å². The Labute approximate surface area is 124 Å². The summed E-state index contributed by atoms with van der Waals surface area (Å²) in [4.78, 5) is 11.4. The Hall–Kier alpha value is -0.680. The average Bonchev–Trinajstić information content (AvgIpc) is 2.94. The smallest absolute Gasteiger partial charge is 0.337 e. The van der Waals surface area contributed by atoms with Crippen molar-refractivity contribution in [3.05, 3.63) is 33.8 Å². The number of halogens is 1. The first kappa shape index (κ1) is 14.7. The zero-order valence-corrected chi connectivity index (χ0v) is 13.3. The molecule has 0 aliphatic heterocycles. The Morgan fingerprint density at radius 2 is 2.11 bits per heavy atom. The summed E-state index contributed by atoms with van der Waals surface area (Å²) in [6, 6.07) is 5.30. The van der Waals surface area contributed by atoms with Gasteiger partial charge in [-0.15, -0.1) is 0 Å². The van der Waals surface area contributed by atoms with Crippen LogP contribution in [0.2, 0.25) is 0 Å². The molecule has 19 heavy (non-hydrogen) atoms. The molecule has 3 nitrogen and oxygen atoms in total. The minimum absolute atomic E-state index is 0.340. The molecule has 0 aromatic heterocycles. The Morgan fingerprint density at radius 3 is 2.68 bits per heavy atom. The van der Waals surface area contributed by atoms with E-state index in [0.29, 0.717) is 16.6 Å². The molecular weight excluding hydrogens is 328 g/mol. The van der Waals surface area contributed by atoms with Crippen LogP contribution in [0, 0.1) is 0 Å². The van der Waals surface area contributed by atoms with E-state index in [1.807, 2.05) is 6.07 Å². The molecule has 0 bridgehead atoms. The molecule has 0 radical (unpaired) electrons. The van der Waals surface area contributed by atoms with Gasteiger partial charge in [0.1, 0.15) is 0 Å². The van der Waals surface area contributed by atoms with Crippen molar-refractivity contribution in [3.63, 3.8) is 0 Å². The van der Waals surface area contributed by atoms with Gasteiger partial charge in [0.05, 0.1) is 12.7 Å². The van der Waals surface area contributed by atoms with Crippen LogP contribution in [0.4, 0.5) is 0 Å². The molecule has 5 heteroatoms. The minimum Gasteiger partial charge on any atom is -0.465 e. The average molecular weight is 345 g/mol. The third kappa shape index (κ3) is 3.66. The monoisotopic (exact) mass is 344 g/mol. The second-order valence-electron chi connectivity index (χ2n) is 4.73. The Kier molecular flexibility index (Phi) is 5.16. The zero-order chi connectivity index (χ0) is 13.8. The molecule has 2 rings (SSSR count). The fourth-order valence-corrected chi connectivity index (χ4v) is 4.69. The number of hydrogen-bond acceptors (Lipinski definition) is 3. The van der Waals surface area contributed by atoms with Gasteiger partial charge in [-0.1, -0.05) is 34.8 Å². The van der Waals surface area contributed by atoms with Crippen molar-refractivity contribution < 1.29 is 13.7 Å². The van der Waals surface area contributed by atoms with Gasteiger partial charge in [0.25, 0.3) is 0 Å². The normalized spacial score (nSPS) is 17.4. The molecule has 1 saturated carbocycles. The number of benzene rings is 1. The zero-order valence-electron chi connectivity index (χ0n) is 10.9. The van der Waals surface area contributed by atoms with Crippen molar-refractivity contribution in [3.8, 4) is 0 Å². The largest absolute Gasteiger partial charge is 0.465 e. The van der Waals surface area contributed by atoms with Crippen LogP contribution in [0.5, 0.6) is 0 Å². The van der Waals surface area contributed by atoms with Crippen molar-refractivity contribution in [1.82, 2.24) is 0 Å². The van der Waals surface area contributed by atoms with E-state index in [1.165, 1.54) is 20.0 Å². The first-order valence-corrected chi connectivity index (χ1v) is 8.53. The summed E-state index contributed by atoms with van der Waals surface area (Å²) in [7, 11) is 0.539. The predicted molar refractivity (Wildman–Crippen MR) is 79.6 cm³/mol. The molecule has 0 saturated heterocycles. The van der Waals surface area contributed by atoms with Crippen molar-refractivity contribution >= 4 is 32.7 Å². The lowest BCUT2D eigenvalue weighted by Crippen LogP contribution is -2.12. The Bertz CT molecular complexity index is 495. The van der Waals surface area contributed by atoms with E-state index >= 15 is 0 Å². The second kappa shape index (κ2) is 6.66. The summed E-state index contributed by atoms with van der Waals surface area (Å²) < 4.78 is 17.7. The van der Waals surface area contributed by atoms with E-state index in [9.17, 15) is 9.00 Å². The van der Waals surface area contributed by atoms with Gasteiger partial charge < -0.3 is 4.74 Å². The molecular formula is C14H17BrO3S. The van der Waals surface area contributed by atoms with Crippen LogP contribution in [0.1, 0.15) is 41.6 Å². The minimum atomic E-state index is -0.822. The van der Waals surface area contributed by atoms with Gasteiger partial charge in [0.15, 0.2) is 0 Å². The van der Waals surface area contributed by atoms with Crippen LogP contribution in [0.3, 0.4) is 0 Å². The lowest BCUT2D eigenvalue weighted by molar-refractivity contribution is 0.0600. The topological polar surface area (TPSA) is 43.4 Å². The molecule has 1 aromatic carbocycles. The predicted octanol–water partition coefficient (Wildman–Crippen LogP) is 3.43. The molecule has 1 unspecified atom stereocenters. The molecule has 0 heterocycles. The lowest BCUT2D eigenvalue weighted by atomic mass is 10.1. The van der Waals surface area contributed by atoms with E-state index in [0.717, 1.165) is 22.9 Å². The summed E-state index contributed by atoms with van der Waals surface area (Å²) in [5.74, 6) is 0.191. The standard InChI is InChI=1S/C14H17BrO3S/c1-18-14(16)10-6-7-11(13(15)8-10)9-19(17)12-4-2-3-5-12/h6-8,12H,2-5,9H2,1H3. The van der Waals surface area contributed by atoms with Gasteiger partial charge in [0, 0.05) is 26.3 Å².